The van der Waals surface area contributed by atoms with Crippen LogP contribution in [0.15, 0.2) is 36.0 Å². The number of nitrogens with zero attached hydrogens (tertiary/aromatic N) is 1. The van der Waals surface area contributed by atoms with E-state index in [2.05, 4.69) is 39.5 Å². The molecule has 4 atom stereocenters. The Kier molecular flexibility index (Phi) is 4.80. The highest BCUT2D eigenvalue weighted by Gasteiger charge is 2.62. The average molecular weight is 338 g/mol. The minimum Gasteiger partial charge on any atom is -0.298 e. The molecule has 3 saturated carbocycles. The molecule has 25 heavy (non-hydrogen) atoms. The minimum absolute atomic E-state index is 0.0978. The number of rotatable bonds is 3. The van der Waals surface area contributed by atoms with E-state index in [0.717, 1.165) is 44.9 Å². The van der Waals surface area contributed by atoms with Crippen LogP contribution in [0.5, 0.6) is 0 Å². The molecule has 0 spiro atoms. The molecule has 0 aromatic heterocycles. The summed E-state index contributed by atoms with van der Waals surface area (Å²) in [5.74, 6) is 2.10. The van der Waals surface area contributed by atoms with Crippen molar-refractivity contribution in [3.05, 3.63) is 36.0 Å². The quantitative estimate of drug-likeness (QED) is 0.613. The number of allylic oxidation sites excluding steroid dienone is 5. The molecule has 0 amide bonds. The Hall–Kier alpha value is -1.62. The number of carbonyl (C=O) groups excluding carboxylic acids is 1. The third-order valence-corrected chi connectivity index (χ3v) is 7.84. The fourth-order valence-electron chi connectivity index (χ4n) is 6.33. The Morgan fingerprint density at radius 1 is 1.32 bits per heavy atom. The first-order valence-corrected chi connectivity index (χ1v) is 9.94. The highest BCUT2D eigenvalue weighted by Crippen LogP contribution is 2.64. The van der Waals surface area contributed by atoms with Gasteiger partial charge in [0.15, 0.2) is 0 Å². The number of Topliss-reactive ketones (excluding diaryl/α,β-unsaturated/α-hetero) is 1. The van der Waals surface area contributed by atoms with E-state index in [0.29, 0.717) is 23.5 Å². The maximum atomic E-state index is 13.4. The average Bonchev–Trinajstić information content (AvgIpc) is 2.86. The second-order valence-corrected chi connectivity index (χ2v) is 8.55. The van der Waals surface area contributed by atoms with Crippen molar-refractivity contribution in [2.24, 2.45) is 28.6 Å². The number of hydrogen-bond donors (Lipinski definition) is 0. The Bertz CT molecular complexity index is 673. The Labute approximate surface area is 152 Å². The lowest BCUT2D eigenvalue weighted by molar-refractivity contribution is -0.136. The summed E-state index contributed by atoms with van der Waals surface area (Å²) in [6, 6.07) is 2.22. The van der Waals surface area contributed by atoms with Crippen molar-refractivity contribution < 1.29 is 4.79 Å². The summed E-state index contributed by atoms with van der Waals surface area (Å²) in [6.45, 7) is 10.5. The smallest absolute Gasteiger partial charge is 0.145 e. The van der Waals surface area contributed by atoms with Crippen molar-refractivity contribution in [2.45, 2.75) is 65.7 Å². The van der Waals surface area contributed by atoms with Crippen LogP contribution in [0.3, 0.4) is 0 Å². The van der Waals surface area contributed by atoms with E-state index in [4.69, 9.17) is 5.26 Å². The second kappa shape index (κ2) is 6.60. The number of hydrogen-bond acceptors (Lipinski definition) is 2. The van der Waals surface area contributed by atoms with Crippen LogP contribution < -0.4 is 0 Å². The minimum atomic E-state index is -0.136. The van der Waals surface area contributed by atoms with Crippen molar-refractivity contribution in [3.63, 3.8) is 0 Å². The van der Waals surface area contributed by atoms with Gasteiger partial charge in [-0.25, -0.2) is 0 Å². The summed E-state index contributed by atoms with van der Waals surface area (Å²) < 4.78 is 0. The monoisotopic (exact) mass is 337 g/mol. The molecular formula is C23H31NO. The predicted molar refractivity (Wildman–Crippen MR) is 102 cm³/mol. The molecule has 0 aromatic rings. The van der Waals surface area contributed by atoms with Crippen molar-refractivity contribution in [2.75, 3.05) is 0 Å². The van der Waals surface area contributed by atoms with Gasteiger partial charge in [0, 0.05) is 16.9 Å². The van der Waals surface area contributed by atoms with Crippen LogP contribution in [0.2, 0.25) is 0 Å². The molecule has 0 bridgehead atoms. The predicted octanol–water partition coefficient (Wildman–Crippen LogP) is 5.77. The zero-order valence-electron chi connectivity index (χ0n) is 16.0. The SMILES string of the molecule is C=C/C=C1\C(=C\C#N)CCC2C1CCC1(C)C(=O)C(CC)(CC)CC21. The van der Waals surface area contributed by atoms with E-state index in [-0.39, 0.29) is 10.8 Å². The molecule has 0 N–H and O–H groups in total. The van der Waals surface area contributed by atoms with Crippen LogP contribution in [-0.2, 0) is 4.79 Å². The molecule has 3 aliphatic carbocycles. The third-order valence-electron chi connectivity index (χ3n) is 7.84. The molecule has 4 unspecified atom stereocenters. The molecule has 2 heteroatoms. The number of ketones is 1. The molecule has 3 aliphatic rings. The van der Waals surface area contributed by atoms with Crippen LogP contribution in [0.1, 0.15) is 65.7 Å². The maximum Gasteiger partial charge on any atom is 0.145 e. The van der Waals surface area contributed by atoms with Crippen molar-refractivity contribution >= 4 is 5.78 Å². The van der Waals surface area contributed by atoms with Crippen LogP contribution in [0.25, 0.3) is 0 Å². The van der Waals surface area contributed by atoms with E-state index in [1.807, 2.05) is 6.08 Å². The summed E-state index contributed by atoms with van der Waals surface area (Å²) in [7, 11) is 0. The van der Waals surface area contributed by atoms with E-state index in [1.165, 1.54) is 11.1 Å². The summed E-state index contributed by atoms with van der Waals surface area (Å²) in [6.07, 6.45) is 12.8. The number of fused-ring (bicyclic) bond motifs is 3. The van der Waals surface area contributed by atoms with Crippen LogP contribution in [0, 0.1) is 39.9 Å². The molecule has 0 radical (unpaired) electrons. The van der Waals surface area contributed by atoms with Crippen molar-refractivity contribution in [1.29, 1.82) is 5.26 Å². The Morgan fingerprint density at radius 2 is 2.04 bits per heavy atom. The first kappa shape index (κ1) is 18.2. The molecule has 3 fully saturated rings. The molecule has 0 aromatic carbocycles. The second-order valence-electron chi connectivity index (χ2n) is 8.55. The summed E-state index contributed by atoms with van der Waals surface area (Å²) >= 11 is 0. The molecule has 0 aliphatic heterocycles. The molecular weight excluding hydrogens is 306 g/mol. The highest BCUT2D eigenvalue weighted by atomic mass is 16.1. The lowest BCUT2D eigenvalue weighted by Crippen LogP contribution is -2.44. The third kappa shape index (κ3) is 2.55. The normalized spacial score (nSPS) is 39.8. The zero-order valence-corrected chi connectivity index (χ0v) is 16.0. The van der Waals surface area contributed by atoms with E-state index < -0.39 is 0 Å². The Balaban J connectivity index is 1.99. The van der Waals surface area contributed by atoms with Crippen molar-refractivity contribution in [1.82, 2.24) is 0 Å². The first-order valence-electron chi connectivity index (χ1n) is 9.94. The van der Waals surface area contributed by atoms with E-state index >= 15 is 0 Å². The Morgan fingerprint density at radius 3 is 2.64 bits per heavy atom. The van der Waals surface area contributed by atoms with E-state index in [1.54, 1.807) is 6.08 Å². The lowest BCUT2D eigenvalue weighted by atomic mass is 9.55. The van der Waals surface area contributed by atoms with Gasteiger partial charge >= 0.3 is 0 Å². The number of carbonyl (C=O) groups is 1. The zero-order chi connectivity index (χ0) is 18.2. The molecule has 2 nitrogen and oxygen atoms in total. The molecule has 0 heterocycles. The van der Waals surface area contributed by atoms with Gasteiger partial charge < -0.3 is 0 Å². The summed E-state index contributed by atoms with van der Waals surface area (Å²) in [4.78, 5) is 13.4. The first-order chi connectivity index (χ1) is 12.0. The van der Waals surface area contributed by atoms with Gasteiger partial charge in [0.05, 0.1) is 6.07 Å². The fraction of sp³-hybridized carbons (Fsp3) is 0.652. The maximum absolute atomic E-state index is 13.4. The van der Waals surface area contributed by atoms with Gasteiger partial charge in [-0.1, -0.05) is 39.5 Å². The van der Waals surface area contributed by atoms with Gasteiger partial charge in [0.1, 0.15) is 5.78 Å². The summed E-state index contributed by atoms with van der Waals surface area (Å²) in [5, 5.41) is 9.13. The van der Waals surface area contributed by atoms with Gasteiger partial charge in [-0.15, -0.1) is 0 Å². The van der Waals surface area contributed by atoms with Crippen LogP contribution in [0.4, 0.5) is 0 Å². The highest BCUT2D eigenvalue weighted by molar-refractivity contribution is 5.92. The fourth-order valence-corrected chi connectivity index (χ4v) is 6.33. The van der Waals surface area contributed by atoms with Crippen LogP contribution in [-0.4, -0.2) is 5.78 Å². The molecule has 0 saturated heterocycles. The van der Waals surface area contributed by atoms with Gasteiger partial charge in [-0.3, -0.25) is 4.79 Å². The van der Waals surface area contributed by atoms with Crippen LogP contribution >= 0.6 is 0 Å². The van der Waals surface area contributed by atoms with Gasteiger partial charge in [0.2, 0.25) is 0 Å². The molecule has 3 rings (SSSR count). The van der Waals surface area contributed by atoms with Gasteiger partial charge in [-0.2, -0.15) is 5.26 Å². The van der Waals surface area contributed by atoms with E-state index in [9.17, 15) is 4.79 Å². The standard InChI is InChI=1S/C23H31NO/c1-5-8-17-16(12-14-24)9-10-19-18(17)11-13-22(4)20(19)15-23(6-2,7-3)21(22)25/h5,8,12,18-20H,1,6-7,9-11,13,15H2,2-4H3/b16-12+,17-8+. The summed E-state index contributed by atoms with van der Waals surface area (Å²) in [5.41, 5.74) is 2.27. The molecule has 134 valence electrons. The topological polar surface area (TPSA) is 40.9 Å². The largest absolute Gasteiger partial charge is 0.298 e. The van der Waals surface area contributed by atoms with Gasteiger partial charge in [0.25, 0.3) is 0 Å². The lowest BCUT2D eigenvalue weighted by Gasteiger charge is -2.49. The number of nitriles is 1. The van der Waals surface area contributed by atoms with Gasteiger partial charge in [-0.05, 0) is 73.8 Å². The van der Waals surface area contributed by atoms with Crippen molar-refractivity contribution in [3.8, 4) is 6.07 Å².